The molecule has 2 nitrogen and oxygen atoms in total. The van der Waals surface area contributed by atoms with Gasteiger partial charge in [0.15, 0.2) is 0 Å². The largest absolute Gasteiger partial charge is 0.376 e. The fourth-order valence-corrected chi connectivity index (χ4v) is 10.7. The summed E-state index contributed by atoms with van der Waals surface area (Å²) in [6, 6.07) is 55.0. The number of anilines is 4. The van der Waals surface area contributed by atoms with Crippen molar-refractivity contribution < 1.29 is 0 Å². The van der Waals surface area contributed by atoms with Crippen molar-refractivity contribution in [2.24, 2.45) is 0 Å². The lowest BCUT2D eigenvalue weighted by Gasteiger charge is -2.53. The molecule has 0 N–H and O–H groups in total. The molecule has 1 aliphatic carbocycles. The Balaban J connectivity index is 1.26. The van der Waals surface area contributed by atoms with E-state index in [2.05, 4.69) is 176 Å². The number of hydrogen-bond acceptors (Lipinski definition) is 2. The highest BCUT2D eigenvalue weighted by Gasteiger charge is 2.61. The molecule has 0 amide bonds. The number of aryl methyl sites for hydroxylation is 1. The fraction of sp³-hybridized carbons (Fsp3) is 0.184. The van der Waals surface area contributed by atoms with Gasteiger partial charge in [-0.2, -0.15) is 0 Å². The zero-order valence-corrected chi connectivity index (χ0v) is 30.2. The Bertz CT molecular complexity index is 2580. The van der Waals surface area contributed by atoms with Crippen LogP contribution in [0, 0.1) is 6.92 Å². The summed E-state index contributed by atoms with van der Waals surface area (Å²) in [4.78, 5) is 5.53. The number of fused-ring (bicyclic) bond motifs is 9. The third kappa shape index (κ3) is 3.92. The Morgan fingerprint density at radius 3 is 2.04 bits per heavy atom. The Morgan fingerprint density at radius 1 is 0.596 bits per heavy atom. The molecule has 11 rings (SSSR count). The maximum Gasteiger partial charge on any atom is 0.333 e. The Morgan fingerprint density at radius 2 is 1.27 bits per heavy atom. The van der Waals surface area contributed by atoms with Crippen LogP contribution in [0.15, 0.2) is 146 Å². The van der Waals surface area contributed by atoms with Crippen molar-refractivity contribution in [2.45, 2.75) is 57.4 Å². The van der Waals surface area contributed by atoms with E-state index in [1.165, 1.54) is 115 Å². The summed E-state index contributed by atoms with van der Waals surface area (Å²) < 4.78 is 0. The van der Waals surface area contributed by atoms with Crippen molar-refractivity contribution in [3.63, 3.8) is 0 Å². The van der Waals surface area contributed by atoms with Gasteiger partial charge in [-0.05, 0) is 118 Å². The molecule has 0 saturated heterocycles. The molecular formula is C49H41BN2. The van der Waals surface area contributed by atoms with Gasteiger partial charge in [-0.1, -0.05) is 135 Å². The molecule has 3 heteroatoms. The maximum absolute atomic E-state index is 2.85. The van der Waals surface area contributed by atoms with Crippen LogP contribution in [-0.4, -0.2) is 12.4 Å². The van der Waals surface area contributed by atoms with Crippen LogP contribution in [0.4, 0.5) is 22.7 Å². The first kappa shape index (κ1) is 30.1. The van der Waals surface area contributed by atoms with E-state index in [-0.39, 0.29) is 17.8 Å². The first-order valence-corrected chi connectivity index (χ1v) is 19.1. The standard InChI is InChI=1S/C49H41BN2/c1-32-28-40-45-39-19-11-10-18-36(39)22-25-43(45)52(38-23-20-35(21-24-38)33-14-6-4-7-15-33)50-42-31-37(34-16-8-5-9-17-34)30-41-47(42)51(44(29-32)46(40)50)49(3)27-13-12-26-48(41,49)2/h4-11,14-25,28-31H,12-13,26-27H2,1-3H3. The van der Waals surface area contributed by atoms with Gasteiger partial charge in [-0.15, -0.1) is 0 Å². The van der Waals surface area contributed by atoms with E-state index >= 15 is 0 Å². The molecule has 4 aliphatic rings. The van der Waals surface area contributed by atoms with Crippen LogP contribution in [0.25, 0.3) is 44.2 Å². The lowest BCUT2D eigenvalue weighted by molar-refractivity contribution is 0.195. The minimum atomic E-state index is -0.0224. The fourth-order valence-electron chi connectivity index (χ4n) is 10.7. The minimum Gasteiger partial charge on any atom is -0.376 e. The summed E-state index contributed by atoms with van der Waals surface area (Å²) in [5.41, 5.74) is 18.9. The highest BCUT2D eigenvalue weighted by atomic mass is 15.3. The van der Waals surface area contributed by atoms with Gasteiger partial charge in [-0.3, -0.25) is 0 Å². The molecule has 0 spiro atoms. The summed E-state index contributed by atoms with van der Waals surface area (Å²) in [6.07, 6.45) is 4.94. The predicted octanol–water partition coefficient (Wildman–Crippen LogP) is 11.5. The molecule has 2 unspecified atom stereocenters. The average Bonchev–Trinajstić information content (AvgIpc) is 3.40. The van der Waals surface area contributed by atoms with Gasteiger partial charge in [0.2, 0.25) is 0 Å². The third-order valence-electron chi connectivity index (χ3n) is 13.4. The predicted molar refractivity (Wildman–Crippen MR) is 221 cm³/mol. The van der Waals surface area contributed by atoms with Crippen LogP contribution in [0.5, 0.6) is 0 Å². The molecule has 3 heterocycles. The normalized spacial score (nSPS) is 20.7. The van der Waals surface area contributed by atoms with Crippen molar-refractivity contribution in [3.05, 3.63) is 157 Å². The first-order chi connectivity index (χ1) is 25.4. The third-order valence-corrected chi connectivity index (χ3v) is 13.4. The molecular weight excluding hydrogens is 627 g/mol. The molecule has 0 radical (unpaired) electrons. The molecule has 1 fully saturated rings. The van der Waals surface area contributed by atoms with E-state index in [4.69, 9.17) is 0 Å². The van der Waals surface area contributed by atoms with Crippen molar-refractivity contribution in [1.29, 1.82) is 0 Å². The molecule has 1 saturated carbocycles. The van der Waals surface area contributed by atoms with Crippen LogP contribution in [-0.2, 0) is 5.41 Å². The van der Waals surface area contributed by atoms with Crippen LogP contribution >= 0.6 is 0 Å². The van der Waals surface area contributed by atoms with E-state index in [0.29, 0.717) is 0 Å². The van der Waals surface area contributed by atoms with Gasteiger partial charge in [-0.25, -0.2) is 0 Å². The summed E-state index contributed by atoms with van der Waals surface area (Å²) in [5.74, 6) is 0. The second kappa shape index (κ2) is 10.7. The zero-order chi connectivity index (χ0) is 34.8. The molecule has 7 aromatic rings. The lowest BCUT2D eigenvalue weighted by atomic mass is 9.43. The van der Waals surface area contributed by atoms with Crippen molar-refractivity contribution in [1.82, 2.24) is 0 Å². The second-order valence-electron chi connectivity index (χ2n) is 16.1. The van der Waals surface area contributed by atoms with Gasteiger partial charge in [0.25, 0.3) is 0 Å². The van der Waals surface area contributed by atoms with Crippen LogP contribution in [0.3, 0.4) is 0 Å². The molecule has 0 aromatic heterocycles. The van der Waals surface area contributed by atoms with Crippen molar-refractivity contribution in [2.75, 3.05) is 9.71 Å². The molecule has 250 valence electrons. The maximum atomic E-state index is 2.85. The second-order valence-corrected chi connectivity index (χ2v) is 16.1. The minimum absolute atomic E-state index is 0.0165. The van der Waals surface area contributed by atoms with Crippen LogP contribution in [0.2, 0.25) is 0 Å². The molecule has 52 heavy (non-hydrogen) atoms. The topological polar surface area (TPSA) is 6.48 Å². The van der Waals surface area contributed by atoms with Crippen molar-refractivity contribution in [3.8, 4) is 33.4 Å². The smallest absolute Gasteiger partial charge is 0.333 e. The van der Waals surface area contributed by atoms with Crippen LogP contribution < -0.4 is 20.6 Å². The van der Waals surface area contributed by atoms with E-state index in [1.54, 1.807) is 0 Å². The number of rotatable bonds is 3. The quantitative estimate of drug-likeness (QED) is 0.173. The highest BCUT2D eigenvalue weighted by Crippen LogP contribution is 2.62. The monoisotopic (exact) mass is 668 g/mol. The Labute approximate surface area is 307 Å². The lowest BCUT2D eigenvalue weighted by Crippen LogP contribution is -2.64. The summed E-state index contributed by atoms with van der Waals surface area (Å²) in [6.45, 7) is 7.49. The average molecular weight is 669 g/mol. The van der Waals surface area contributed by atoms with Gasteiger partial charge in [0, 0.05) is 33.7 Å². The van der Waals surface area contributed by atoms with Gasteiger partial charge in [0.05, 0.1) is 5.54 Å². The van der Waals surface area contributed by atoms with Crippen molar-refractivity contribution >= 4 is 51.3 Å². The van der Waals surface area contributed by atoms with E-state index in [9.17, 15) is 0 Å². The summed E-state index contributed by atoms with van der Waals surface area (Å²) in [7, 11) is 0. The number of benzene rings is 7. The Hall–Kier alpha value is -5.54. The van der Waals surface area contributed by atoms with Gasteiger partial charge >= 0.3 is 6.85 Å². The SMILES string of the molecule is Cc1cc2c3c(c1)N1c4c(cc(-c5ccccc5)cc4C4(C)CCCCC14C)B3N(c1ccc(-c3ccccc3)cc1)c1ccc3ccccc3c1-2. The highest BCUT2D eigenvalue weighted by molar-refractivity contribution is 6.93. The molecule has 0 bridgehead atoms. The Kier molecular flexibility index (Phi) is 6.22. The molecule has 2 atom stereocenters. The van der Waals surface area contributed by atoms with Gasteiger partial charge in [0.1, 0.15) is 0 Å². The summed E-state index contributed by atoms with van der Waals surface area (Å²) >= 11 is 0. The first-order valence-electron chi connectivity index (χ1n) is 19.1. The van der Waals surface area contributed by atoms with E-state index < -0.39 is 0 Å². The summed E-state index contributed by atoms with van der Waals surface area (Å²) in [5, 5.41) is 2.60. The van der Waals surface area contributed by atoms with E-state index in [0.717, 1.165) is 0 Å². The zero-order valence-electron chi connectivity index (χ0n) is 30.2. The molecule has 7 aromatic carbocycles. The number of hydrogen-bond donors (Lipinski definition) is 0. The van der Waals surface area contributed by atoms with E-state index in [1.807, 2.05) is 0 Å². The van der Waals surface area contributed by atoms with Crippen LogP contribution in [0.1, 0.15) is 50.7 Å². The molecule has 3 aliphatic heterocycles. The van der Waals surface area contributed by atoms with Gasteiger partial charge < -0.3 is 9.71 Å². The number of nitrogens with zero attached hydrogens (tertiary/aromatic N) is 2.